The molecule has 1 aliphatic rings. The van der Waals surface area contributed by atoms with Crippen molar-refractivity contribution in [3.8, 4) is 0 Å². The van der Waals surface area contributed by atoms with E-state index in [-0.39, 0.29) is 5.91 Å². The van der Waals surface area contributed by atoms with Gasteiger partial charge in [0.15, 0.2) is 0 Å². The Kier molecular flexibility index (Phi) is 5.10. The van der Waals surface area contributed by atoms with Gasteiger partial charge in [-0.3, -0.25) is 4.79 Å². The van der Waals surface area contributed by atoms with Crippen molar-refractivity contribution in [3.63, 3.8) is 0 Å². The molecule has 1 N–H and O–H groups in total. The van der Waals surface area contributed by atoms with E-state index in [4.69, 9.17) is 0 Å². The minimum atomic E-state index is -0.0448. The van der Waals surface area contributed by atoms with Gasteiger partial charge in [0.1, 0.15) is 0 Å². The molecule has 1 aromatic rings. The van der Waals surface area contributed by atoms with Gasteiger partial charge in [0.2, 0.25) is 5.91 Å². The van der Waals surface area contributed by atoms with Crippen LogP contribution in [0, 0.1) is 0 Å². The predicted octanol–water partition coefficient (Wildman–Crippen LogP) is 1.82. The Morgan fingerprint density at radius 1 is 1.26 bits per heavy atom. The van der Waals surface area contributed by atoms with Gasteiger partial charge in [-0.05, 0) is 12.1 Å². The number of carbonyl (C=O) groups is 1. The first-order valence-electron chi connectivity index (χ1n) is 6.88. The van der Waals surface area contributed by atoms with Crippen molar-refractivity contribution in [2.45, 2.75) is 26.2 Å². The molecule has 0 saturated carbocycles. The third-order valence-corrected chi connectivity index (χ3v) is 3.43. The second kappa shape index (κ2) is 7.04. The average Bonchev–Trinajstić information content (AvgIpc) is 2.47. The van der Waals surface area contributed by atoms with Crippen molar-refractivity contribution in [3.05, 3.63) is 35.9 Å². The molecule has 0 radical (unpaired) electrons. The molecule has 0 aromatic heterocycles. The highest BCUT2D eigenvalue weighted by atomic mass is 16.2. The van der Waals surface area contributed by atoms with E-state index in [2.05, 4.69) is 22.4 Å². The number of piperidine rings is 1. The number of rotatable bonds is 4. The van der Waals surface area contributed by atoms with Gasteiger partial charge in [0, 0.05) is 31.6 Å². The van der Waals surface area contributed by atoms with E-state index >= 15 is 0 Å². The summed E-state index contributed by atoms with van der Waals surface area (Å²) >= 11 is 0. The number of amides is 1. The normalized spacial score (nSPS) is 16.2. The van der Waals surface area contributed by atoms with Crippen molar-refractivity contribution in [1.82, 2.24) is 10.3 Å². The van der Waals surface area contributed by atoms with Crippen LogP contribution in [0.4, 0.5) is 0 Å². The minimum Gasteiger partial charge on any atom is -0.303 e. The second-order valence-electron chi connectivity index (χ2n) is 4.81. The molecular weight excluding hydrogens is 238 g/mol. The number of carbonyl (C=O) groups excluding carboxylic acids is 1. The van der Waals surface area contributed by atoms with E-state index in [1.54, 1.807) is 0 Å². The van der Waals surface area contributed by atoms with Crippen molar-refractivity contribution >= 4 is 11.6 Å². The van der Waals surface area contributed by atoms with Crippen LogP contribution < -0.4 is 5.43 Å². The fourth-order valence-electron chi connectivity index (χ4n) is 2.20. The highest BCUT2D eigenvalue weighted by Crippen LogP contribution is 2.06. The zero-order valence-electron chi connectivity index (χ0n) is 11.4. The van der Waals surface area contributed by atoms with Gasteiger partial charge in [-0.1, -0.05) is 37.3 Å². The van der Waals surface area contributed by atoms with Crippen LogP contribution in [0.2, 0.25) is 0 Å². The van der Waals surface area contributed by atoms with Crippen LogP contribution in [-0.2, 0) is 11.2 Å². The molecule has 0 unspecified atom stereocenters. The summed E-state index contributed by atoms with van der Waals surface area (Å²) in [4.78, 5) is 14.1. The van der Waals surface area contributed by atoms with Crippen LogP contribution in [0.3, 0.4) is 0 Å². The Balaban J connectivity index is 1.77. The quantitative estimate of drug-likeness (QED) is 0.838. The van der Waals surface area contributed by atoms with Crippen LogP contribution >= 0.6 is 0 Å². The molecule has 1 heterocycles. The zero-order chi connectivity index (χ0) is 13.5. The molecule has 19 heavy (non-hydrogen) atoms. The summed E-state index contributed by atoms with van der Waals surface area (Å²) in [6, 6.07) is 9.73. The first-order valence-corrected chi connectivity index (χ1v) is 6.88. The Labute approximate surface area is 114 Å². The molecule has 4 nitrogen and oxygen atoms in total. The molecule has 0 spiro atoms. The van der Waals surface area contributed by atoms with Gasteiger partial charge in [-0.2, -0.15) is 5.10 Å². The maximum absolute atomic E-state index is 11.7. The maximum atomic E-state index is 11.7. The van der Waals surface area contributed by atoms with Gasteiger partial charge in [0.05, 0.1) is 6.42 Å². The predicted molar refractivity (Wildman–Crippen MR) is 77.1 cm³/mol. The lowest BCUT2D eigenvalue weighted by Gasteiger charge is -2.25. The molecule has 102 valence electrons. The Bertz CT molecular complexity index is 432. The van der Waals surface area contributed by atoms with E-state index in [0.717, 1.165) is 43.8 Å². The fourth-order valence-corrected chi connectivity index (χ4v) is 2.20. The van der Waals surface area contributed by atoms with E-state index < -0.39 is 0 Å². The van der Waals surface area contributed by atoms with Gasteiger partial charge in [0.25, 0.3) is 0 Å². The van der Waals surface area contributed by atoms with Crippen molar-refractivity contribution in [2.24, 2.45) is 5.10 Å². The van der Waals surface area contributed by atoms with Crippen molar-refractivity contribution in [1.29, 1.82) is 0 Å². The Morgan fingerprint density at radius 3 is 2.58 bits per heavy atom. The summed E-state index contributed by atoms with van der Waals surface area (Å²) in [7, 11) is 0. The number of likely N-dealkylation sites (tertiary alicyclic amines) is 1. The summed E-state index contributed by atoms with van der Waals surface area (Å²) in [6.07, 6.45) is 2.30. The molecule has 1 amide bonds. The fraction of sp³-hybridized carbons (Fsp3) is 0.467. The summed E-state index contributed by atoms with van der Waals surface area (Å²) in [6.45, 7) is 5.35. The number of hydrazone groups is 1. The zero-order valence-corrected chi connectivity index (χ0v) is 11.4. The monoisotopic (exact) mass is 259 g/mol. The molecule has 0 aliphatic carbocycles. The van der Waals surface area contributed by atoms with E-state index in [9.17, 15) is 4.79 Å². The van der Waals surface area contributed by atoms with Crippen LogP contribution in [0.25, 0.3) is 0 Å². The molecule has 1 aliphatic heterocycles. The molecule has 0 bridgehead atoms. The lowest BCUT2D eigenvalue weighted by Crippen LogP contribution is -2.34. The van der Waals surface area contributed by atoms with Gasteiger partial charge in [-0.25, -0.2) is 5.43 Å². The minimum absolute atomic E-state index is 0.0448. The van der Waals surface area contributed by atoms with E-state index in [1.165, 1.54) is 0 Å². The van der Waals surface area contributed by atoms with Gasteiger partial charge in [-0.15, -0.1) is 0 Å². The summed E-state index contributed by atoms with van der Waals surface area (Å²) in [5.74, 6) is -0.0448. The molecule has 1 aromatic carbocycles. The molecule has 2 rings (SSSR count). The number of hydrogen-bond acceptors (Lipinski definition) is 3. The molecule has 1 saturated heterocycles. The smallest absolute Gasteiger partial charge is 0.244 e. The summed E-state index contributed by atoms with van der Waals surface area (Å²) in [5, 5.41) is 4.24. The SMILES string of the molecule is CCN1CCC(=NNC(=O)Cc2ccccc2)CC1. The van der Waals surface area contributed by atoms with Gasteiger partial charge < -0.3 is 4.90 Å². The van der Waals surface area contributed by atoms with Crippen LogP contribution in [0.1, 0.15) is 25.3 Å². The maximum Gasteiger partial charge on any atom is 0.244 e. The van der Waals surface area contributed by atoms with Gasteiger partial charge >= 0.3 is 0 Å². The first kappa shape index (κ1) is 13.7. The number of nitrogens with one attached hydrogen (secondary N) is 1. The largest absolute Gasteiger partial charge is 0.303 e. The van der Waals surface area contributed by atoms with E-state index in [0.29, 0.717) is 6.42 Å². The van der Waals surface area contributed by atoms with Crippen LogP contribution in [-0.4, -0.2) is 36.2 Å². The van der Waals surface area contributed by atoms with Crippen molar-refractivity contribution < 1.29 is 4.79 Å². The lowest BCUT2D eigenvalue weighted by atomic mass is 10.1. The molecule has 4 heteroatoms. The highest BCUT2D eigenvalue weighted by Gasteiger charge is 2.13. The number of nitrogens with zero attached hydrogens (tertiary/aromatic N) is 2. The molecule has 0 atom stereocenters. The molecule has 1 fully saturated rings. The third-order valence-electron chi connectivity index (χ3n) is 3.43. The third kappa shape index (κ3) is 4.48. The highest BCUT2D eigenvalue weighted by molar-refractivity contribution is 5.87. The van der Waals surface area contributed by atoms with Crippen molar-refractivity contribution in [2.75, 3.05) is 19.6 Å². The standard InChI is InChI=1S/C15H21N3O/c1-2-18-10-8-14(9-11-18)16-17-15(19)12-13-6-4-3-5-7-13/h3-7H,2,8-12H2,1H3,(H,17,19). The second-order valence-corrected chi connectivity index (χ2v) is 4.81. The van der Waals surface area contributed by atoms with Crippen LogP contribution in [0.5, 0.6) is 0 Å². The van der Waals surface area contributed by atoms with E-state index in [1.807, 2.05) is 30.3 Å². The Morgan fingerprint density at radius 2 is 1.95 bits per heavy atom. The summed E-state index contributed by atoms with van der Waals surface area (Å²) in [5.41, 5.74) is 4.78. The average molecular weight is 259 g/mol. The summed E-state index contributed by atoms with van der Waals surface area (Å²) < 4.78 is 0. The topological polar surface area (TPSA) is 44.7 Å². The Hall–Kier alpha value is -1.68. The number of benzene rings is 1. The lowest BCUT2D eigenvalue weighted by molar-refractivity contribution is -0.120. The molecular formula is C15H21N3O. The number of hydrogen-bond donors (Lipinski definition) is 1. The first-order chi connectivity index (χ1) is 9.28. The van der Waals surface area contributed by atoms with Crippen LogP contribution in [0.15, 0.2) is 35.4 Å².